The number of amides is 1. The Morgan fingerprint density at radius 1 is 1.09 bits per heavy atom. The highest BCUT2D eigenvalue weighted by atomic mass is 16.7. The predicted octanol–water partition coefficient (Wildman–Crippen LogP) is 2.14. The zero-order valence-corrected chi connectivity index (χ0v) is 18.9. The van der Waals surface area contributed by atoms with Crippen molar-refractivity contribution in [2.75, 3.05) is 31.1 Å². The standard InChI is InChI=1S/C23H33N5O4/c1-22(2,28-8-6-27(7-9-28)20-24-4-3-5-25-20)19(29)26-18-16-10-15-11-17(18)14-23(12-15,13-16)32-21(30)31/h3-5,15-18H,6-14H2,1-2H3,(H,26,29)(H,30,31). The van der Waals surface area contributed by atoms with Crippen molar-refractivity contribution in [1.82, 2.24) is 20.2 Å². The second-order valence-electron chi connectivity index (χ2n) is 10.6. The van der Waals surface area contributed by atoms with Crippen molar-refractivity contribution < 1.29 is 19.4 Å². The third kappa shape index (κ3) is 3.80. The van der Waals surface area contributed by atoms with Crippen LogP contribution in [0.1, 0.15) is 46.0 Å². The first-order valence-electron chi connectivity index (χ1n) is 11.8. The number of carbonyl (C=O) groups is 2. The number of nitrogens with one attached hydrogen (secondary N) is 1. The van der Waals surface area contributed by atoms with Crippen LogP contribution in [-0.2, 0) is 9.53 Å². The van der Waals surface area contributed by atoms with Crippen molar-refractivity contribution in [3.05, 3.63) is 18.5 Å². The molecule has 0 radical (unpaired) electrons. The molecule has 9 heteroatoms. The number of carbonyl (C=O) groups excluding carboxylic acids is 1. The highest BCUT2D eigenvalue weighted by Crippen LogP contribution is 2.57. The molecule has 1 amide bonds. The lowest BCUT2D eigenvalue weighted by atomic mass is 9.52. The maximum absolute atomic E-state index is 13.4. The van der Waals surface area contributed by atoms with E-state index in [9.17, 15) is 14.7 Å². The van der Waals surface area contributed by atoms with E-state index in [0.29, 0.717) is 17.8 Å². The van der Waals surface area contributed by atoms with Crippen LogP contribution in [0.3, 0.4) is 0 Å². The maximum Gasteiger partial charge on any atom is 0.506 e. The summed E-state index contributed by atoms with van der Waals surface area (Å²) in [6.07, 6.45) is 6.75. The van der Waals surface area contributed by atoms with Crippen molar-refractivity contribution in [1.29, 1.82) is 0 Å². The summed E-state index contributed by atoms with van der Waals surface area (Å²) in [6, 6.07) is 1.93. The first-order valence-corrected chi connectivity index (χ1v) is 11.8. The number of anilines is 1. The van der Waals surface area contributed by atoms with Gasteiger partial charge in [0.15, 0.2) is 0 Å². The van der Waals surface area contributed by atoms with E-state index >= 15 is 0 Å². The van der Waals surface area contributed by atoms with Crippen LogP contribution in [0.2, 0.25) is 0 Å². The fourth-order valence-corrected chi connectivity index (χ4v) is 6.89. The van der Waals surface area contributed by atoms with E-state index in [2.05, 4.69) is 25.1 Å². The van der Waals surface area contributed by atoms with E-state index in [1.807, 2.05) is 19.9 Å². The van der Waals surface area contributed by atoms with Crippen molar-refractivity contribution in [2.24, 2.45) is 17.8 Å². The molecule has 1 aromatic heterocycles. The number of nitrogens with zero attached hydrogens (tertiary/aromatic N) is 4. The molecule has 1 aliphatic heterocycles. The lowest BCUT2D eigenvalue weighted by Gasteiger charge is -2.59. The number of hydrogen-bond acceptors (Lipinski definition) is 7. The Bertz CT molecular complexity index is 854. The monoisotopic (exact) mass is 443 g/mol. The SMILES string of the molecule is CC(C)(C(=O)NC1C2CC3CC1CC(OC(=O)O)(C3)C2)N1CCN(c2ncccn2)CC1. The summed E-state index contributed by atoms with van der Waals surface area (Å²) in [7, 11) is 0. The minimum absolute atomic E-state index is 0.0626. The Morgan fingerprint density at radius 2 is 1.72 bits per heavy atom. The molecule has 174 valence electrons. The van der Waals surface area contributed by atoms with E-state index in [0.717, 1.165) is 64.2 Å². The zero-order valence-electron chi connectivity index (χ0n) is 18.9. The molecule has 6 rings (SSSR count). The van der Waals surface area contributed by atoms with Crippen LogP contribution in [0.25, 0.3) is 0 Å². The van der Waals surface area contributed by atoms with Gasteiger partial charge < -0.3 is 20.1 Å². The highest BCUT2D eigenvalue weighted by Gasteiger charge is 2.58. The van der Waals surface area contributed by atoms with Gasteiger partial charge in [0.05, 0.1) is 5.54 Å². The smallest absolute Gasteiger partial charge is 0.450 e. The van der Waals surface area contributed by atoms with Gasteiger partial charge in [-0.05, 0) is 69.8 Å². The molecule has 2 atom stereocenters. The Labute approximate surface area is 188 Å². The van der Waals surface area contributed by atoms with Crippen molar-refractivity contribution in [3.63, 3.8) is 0 Å². The van der Waals surface area contributed by atoms with Gasteiger partial charge in [0.2, 0.25) is 11.9 Å². The quantitative estimate of drug-likeness (QED) is 0.667. The molecule has 5 aliphatic rings. The van der Waals surface area contributed by atoms with Crippen LogP contribution < -0.4 is 10.2 Å². The van der Waals surface area contributed by atoms with Crippen molar-refractivity contribution in [3.8, 4) is 0 Å². The summed E-state index contributed by atoms with van der Waals surface area (Å²) < 4.78 is 5.39. The van der Waals surface area contributed by atoms with Gasteiger partial charge in [-0.2, -0.15) is 0 Å². The first-order chi connectivity index (χ1) is 15.3. The predicted molar refractivity (Wildman–Crippen MR) is 117 cm³/mol. The molecule has 5 fully saturated rings. The normalized spacial score (nSPS) is 34.4. The number of piperazine rings is 1. The molecule has 0 aromatic carbocycles. The van der Waals surface area contributed by atoms with E-state index in [-0.39, 0.29) is 11.9 Å². The van der Waals surface area contributed by atoms with Gasteiger partial charge in [-0.1, -0.05) is 0 Å². The second kappa shape index (κ2) is 7.86. The van der Waals surface area contributed by atoms with Gasteiger partial charge in [-0.25, -0.2) is 14.8 Å². The average molecular weight is 444 g/mol. The molecule has 2 heterocycles. The fourth-order valence-electron chi connectivity index (χ4n) is 6.89. The van der Waals surface area contributed by atoms with E-state index in [1.165, 1.54) is 0 Å². The van der Waals surface area contributed by atoms with Gasteiger partial charge in [0, 0.05) is 44.6 Å². The zero-order chi connectivity index (χ0) is 22.5. The number of hydrogen-bond donors (Lipinski definition) is 2. The summed E-state index contributed by atoms with van der Waals surface area (Å²) in [4.78, 5) is 37.8. The maximum atomic E-state index is 13.4. The van der Waals surface area contributed by atoms with Gasteiger partial charge in [-0.3, -0.25) is 9.69 Å². The minimum atomic E-state index is -1.17. The summed E-state index contributed by atoms with van der Waals surface area (Å²) in [5.41, 5.74) is -1.15. The molecule has 32 heavy (non-hydrogen) atoms. The Kier molecular flexibility index (Phi) is 5.27. The molecule has 4 saturated carbocycles. The first kappa shape index (κ1) is 21.4. The van der Waals surface area contributed by atoms with E-state index < -0.39 is 17.3 Å². The molecule has 4 bridgehead atoms. The van der Waals surface area contributed by atoms with Crippen LogP contribution in [0.15, 0.2) is 18.5 Å². The van der Waals surface area contributed by atoms with E-state index in [4.69, 9.17) is 4.74 Å². The summed E-state index contributed by atoms with van der Waals surface area (Å²) in [5, 5.41) is 12.6. The highest BCUT2D eigenvalue weighted by molar-refractivity contribution is 5.85. The van der Waals surface area contributed by atoms with Gasteiger partial charge in [-0.15, -0.1) is 0 Å². The number of carboxylic acid groups (broad SMARTS) is 1. The van der Waals surface area contributed by atoms with Crippen LogP contribution >= 0.6 is 0 Å². The summed E-state index contributed by atoms with van der Waals surface area (Å²) >= 11 is 0. The molecule has 1 aromatic rings. The second-order valence-corrected chi connectivity index (χ2v) is 10.6. The summed E-state index contributed by atoms with van der Waals surface area (Å²) in [6.45, 7) is 7.12. The Balaban J connectivity index is 1.21. The molecular formula is C23H33N5O4. The van der Waals surface area contributed by atoms with Crippen LogP contribution in [0.4, 0.5) is 10.7 Å². The van der Waals surface area contributed by atoms with Crippen molar-refractivity contribution >= 4 is 18.0 Å². The van der Waals surface area contributed by atoms with E-state index in [1.54, 1.807) is 12.4 Å². The lowest BCUT2D eigenvalue weighted by molar-refractivity contribution is -0.157. The Morgan fingerprint density at radius 3 is 2.31 bits per heavy atom. The average Bonchev–Trinajstić information content (AvgIpc) is 2.75. The molecule has 1 saturated heterocycles. The molecule has 2 unspecified atom stereocenters. The number of aromatic nitrogens is 2. The van der Waals surface area contributed by atoms with Crippen LogP contribution in [0.5, 0.6) is 0 Å². The third-order valence-electron chi connectivity index (χ3n) is 8.28. The molecule has 0 spiro atoms. The number of ether oxygens (including phenoxy) is 1. The van der Waals surface area contributed by atoms with Crippen molar-refractivity contribution in [2.45, 2.75) is 63.1 Å². The Hall–Kier alpha value is -2.42. The third-order valence-corrected chi connectivity index (χ3v) is 8.28. The molecular weight excluding hydrogens is 410 g/mol. The fraction of sp³-hybridized carbons (Fsp3) is 0.739. The topological polar surface area (TPSA) is 108 Å². The minimum Gasteiger partial charge on any atom is -0.450 e. The molecule has 2 N–H and O–H groups in total. The number of rotatable bonds is 5. The summed E-state index contributed by atoms with van der Waals surface area (Å²) in [5.74, 6) is 1.91. The van der Waals surface area contributed by atoms with Crippen LogP contribution in [-0.4, -0.2) is 75.4 Å². The lowest BCUT2D eigenvalue weighted by Crippen LogP contribution is -2.66. The van der Waals surface area contributed by atoms with Crippen LogP contribution in [0, 0.1) is 17.8 Å². The molecule has 9 nitrogen and oxygen atoms in total. The van der Waals surface area contributed by atoms with Gasteiger partial charge in [0.25, 0.3) is 0 Å². The molecule has 4 aliphatic carbocycles. The van der Waals surface area contributed by atoms with Gasteiger partial charge in [0.1, 0.15) is 5.60 Å². The van der Waals surface area contributed by atoms with Gasteiger partial charge >= 0.3 is 6.16 Å². The largest absolute Gasteiger partial charge is 0.506 e.